The van der Waals surface area contributed by atoms with E-state index < -0.39 is 0 Å². The Balaban J connectivity index is 1.89. The SMILES string of the molecule is CC(CO)C(C)NC(=O)c1ccc(OCc2cscn2)cc1. The number of aromatic nitrogens is 1. The topological polar surface area (TPSA) is 71.5 Å². The number of nitrogens with one attached hydrogen (secondary N) is 1. The molecule has 0 fully saturated rings. The van der Waals surface area contributed by atoms with Crippen LogP contribution in [0.15, 0.2) is 35.2 Å². The van der Waals surface area contributed by atoms with Crippen molar-refractivity contribution >= 4 is 17.2 Å². The molecule has 0 saturated heterocycles. The molecule has 0 aliphatic heterocycles. The highest BCUT2D eigenvalue weighted by Crippen LogP contribution is 2.15. The van der Waals surface area contributed by atoms with E-state index in [1.54, 1.807) is 29.8 Å². The molecule has 0 saturated carbocycles. The van der Waals surface area contributed by atoms with Gasteiger partial charge in [0.15, 0.2) is 0 Å². The summed E-state index contributed by atoms with van der Waals surface area (Å²) in [6, 6.07) is 6.89. The third-order valence-corrected chi connectivity index (χ3v) is 4.12. The number of benzene rings is 1. The number of aliphatic hydroxyl groups excluding tert-OH is 1. The average molecular weight is 320 g/mol. The number of hydrogen-bond donors (Lipinski definition) is 2. The van der Waals surface area contributed by atoms with Crippen LogP contribution in [-0.4, -0.2) is 28.6 Å². The van der Waals surface area contributed by atoms with E-state index in [-0.39, 0.29) is 24.5 Å². The zero-order valence-corrected chi connectivity index (χ0v) is 13.5. The van der Waals surface area contributed by atoms with Crippen molar-refractivity contribution in [2.45, 2.75) is 26.5 Å². The molecular weight excluding hydrogens is 300 g/mol. The van der Waals surface area contributed by atoms with Gasteiger partial charge in [0.05, 0.1) is 11.2 Å². The van der Waals surface area contributed by atoms with Crippen molar-refractivity contribution in [2.24, 2.45) is 5.92 Å². The number of carbonyl (C=O) groups excluding carboxylic acids is 1. The molecule has 0 spiro atoms. The highest BCUT2D eigenvalue weighted by molar-refractivity contribution is 7.07. The molecule has 5 nitrogen and oxygen atoms in total. The zero-order chi connectivity index (χ0) is 15.9. The monoisotopic (exact) mass is 320 g/mol. The van der Waals surface area contributed by atoms with E-state index in [0.29, 0.717) is 17.9 Å². The fourth-order valence-electron chi connectivity index (χ4n) is 1.76. The predicted octanol–water partition coefficient (Wildman–Crippen LogP) is 2.47. The lowest BCUT2D eigenvalue weighted by atomic mass is 10.0. The van der Waals surface area contributed by atoms with Crippen LogP contribution in [0.4, 0.5) is 0 Å². The summed E-state index contributed by atoms with van der Waals surface area (Å²) in [5.41, 5.74) is 3.22. The van der Waals surface area contributed by atoms with Gasteiger partial charge in [-0.15, -0.1) is 11.3 Å². The molecule has 2 aromatic rings. The summed E-state index contributed by atoms with van der Waals surface area (Å²) in [6.45, 7) is 4.23. The van der Waals surface area contributed by atoms with E-state index in [1.807, 2.05) is 19.2 Å². The molecule has 22 heavy (non-hydrogen) atoms. The molecule has 1 aromatic heterocycles. The summed E-state index contributed by atoms with van der Waals surface area (Å²) in [5.74, 6) is 0.560. The second-order valence-electron chi connectivity index (χ2n) is 5.21. The summed E-state index contributed by atoms with van der Waals surface area (Å²) in [4.78, 5) is 16.2. The van der Waals surface area contributed by atoms with Crippen molar-refractivity contribution in [3.8, 4) is 5.75 Å². The summed E-state index contributed by atoms with van der Waals surface area (Å²) in [5, 5.41) is 13.9. The molecule has 2 N–H and O–H groups in total. The molecule has 118 valence electrons. The molecular formula is C16H20N2O3S. The summed E-state index contributed by atoms with van der Waals surface area (Å²) >= 11 is 1.53. The highest BCUT2D eigenvalue weighted by Gasteiger charge is 2.15. The molecule has 1 aromatic carbocycles. The van der Waals surface area contributed by atoms with Crippen molar-refractivity contribution in [3.63, 3.8) is 0 Å². The van der Waals surface area contributed by atoms with Crippen molar-refractivity contribution < 1.29 is 14.6 Å². The van der Waals surface area contributed by atoms with Crippen molar-refractivity contribution in [1.82, 2.24) is 10.3 Å². The Bertz CT molecular complexity index is 584. The number of thiazole rings is 1. The Morgan fingerprint density at radius 3 is 2.68 bits per heavy atom. The molecule has 0 aliphatic carbocycles. The average Bonchev–Trinajstić information content (AvgIpc) is 3.05. The van der Waals surface area contributed by atoms with Gasteiger partial charge in [-0.25, -0.2) is 4.98 Å². The lowest BCUT2D eigenvalue weighted by Crippen LogP contribution is -2.38. The first-order valence-corrected chi connectivity index (χ1v) is 8.06. The van der Waals surface area contributed by atoms with Gasteiger partial charge in [-0.3, -0.25) is 4.79 Å². The van der Waals surface area contributed by atoms with Crippen LogP contribution in [0.2, 0.25) is 0 Å². The Kier molecular flexibility index (Phi) is 5.91. The van der Waals surface area contributed by atoms with Gasteiger partial charge in [-0.2, -0.15) is 0 Å². The number of rotatable bonds is 7. The van der Waals surface area contributed by atoms with Gasteiger partial charge in [0, 0.05) is 23.6 Å². The smallest absolute Gasteiger partial charge is 0.251 e. The fraction of sp³-hybridized carbons (Fsp3) is 0.375. The number of aliphatic hydroxyl groups is 1. The normalized spacial score (nSPS) is 13.4. The standard InChI is InChI=1S/C16H20N2O3S/c1-11(7-19)12(2)18-16(20)13-3-5-15(6-4-13)21-8-14-9-22-10-17-14/h3-6,9-12,19H,7-8H2,1-2H3,(H,18,20). The Morgan fingerprint density at radius 1 is 1.36 bits per heavy atom. The van der Waals surface area contributed by atoms with Crippen LogP contribution < -0.4 is 10.1 Å². The maximum atomic E-state index is 12.1. The minimum absolute atomic E-state index is 0.0182. The molecule has 2 unspecified atom stereocenters. The number of nitrogens with zero attached hydrogens (tertiary/aromatic N) is 1. The third-order valence-electron chi connectivity index (χ3n) is 3.49. The first-order chi connectivity index (χ1) is 10.6. The fourth-order valence-corrected chi connectivity index (χ4v) is 2.30. The van der Waals surface area contributed by atoms with E-state index in [1.165, 1.54) is 11.3 Å². The lowest BCUT2D eigenvalue weighted by molar-refractivity contribution is 0.0916. The number of carbonyl (C=O) groups is 1. The van der Waals surface area contributed by atoms with Crippen molar-refractivity contribution in [2.75, 3.05) is 6.61 Å². The van der Waals surface area contributed by atoms with E-state index >= 15 is 0 Å². The highest BCUT2D eigenvalue weighted by atomic mass is 32.1. The summed E-state index contributed by atoms with van der Waals surface area (Å²) in [6.07, 6.45) is 0. The summed E-state index contributed by atoms with van der Waals surface area (Å²) in [7, 11) is 0. The van der Waals surface area contributed by atoms with Gasteiger partial charge in [-0.05, 0) is 37.1 Å². The van der Waals surface area contributed by atoms with Gasteiger partial charge in [0.25, 0.3) is 5.91 Å². The van der Waals surface area contributed by atoms with Gasteiger partial charge in [-0.1, -0.05) is 6.92 Å². The van der Waals surface area contributed by atoms with Crippen LogP contribution in [0.3, 0.4) is 0 Å². The van der Waals surface area contributed by atoms with Gasteiger partial charge >= 0.3 is 0 Å². The molecule has 6 heteroatoms. The quantitative estimate of drug-likeness (QED) is 0.822. The minimum Gasteiger partial charge on any atom is -0.487 e. The van der Waals surface area contributed by atoms with Crippen molar-refractivity contribution in [3.05, 3.63) is 46.4 Å². The second kappa shape index (κ2) is 7.91. The second-order valence-corrected chi connectivity index (χ2v) is 5.93. The van der Waals surface area contributed by atoms with Crippen molar-refractivity contribution in [1.29, 1.82) is 0 Å². The predicted molar refractivity (Wildman–Crippen MR) is 86.1 cm³/mol. The maximum absolute atomic E-state index is 12.1. The number of ether oxygens (including phenoxy) is 1. The molecule has 0 aliphatic rings. The molecule has 1 heterocycles. The maximum Gasteiger partial charge on any atom is 0.251 e. The largest absolute Gasteiger partial charge is 0.487 e. The Hall–Kier alpha value is -1.92. The van der Waals surface area contributed by atoms with Gasteiger partial charge in [0.1, 0.15) is 12.4 Å². The zero-order valence-electron chi connectivity index (χ0n) is 12.7. The first kappa shape index (κ1) is 16.5. The van der Waals surface area contributed by atoms with Gasteiger partial charge in [0.2, 0.25) is 0 Å². The number of amides is 1. The van der Waals surface area contributed by atoms with Crippen LogP contribution in [0.25, 0.3) is 0 Å². The van der Waals surface area contributed by atoms with E-state index in [4.69, 9.17) is 9.84 Å². The van der Waals surface area contributed by atoms with Crippen LogP contribution in [0.5, 0.6) is 5.75 Å². The molecule has 2 rings (SSSR count). The molecule has 1 amide bonds. The van der Waals surface area contributed by atoms with E-state index in [0.717, 1.165) is 5.69 Å². The number of hydrogen-bond acceptors (Lipinski definition) is 5. The van der Waals surface area contributed by atoms with Gasteiger partial charge < -0.3 is 15.2 Å². The molecule has 0 radical (unpaired) electrons. The summed E-state index contributed by atoms with van der Waals surface area (Å²) < 4.78 is 5.60. The van der Waals surface area contributed by atoms with E-state index in [9.17, 15) is 4.79 Å². The Labute approximate surface area is 134 Å². The lowest BCUT2D eigenvalue weighted by Gasteiger charge is -2.19. The Morgan fingerprint density at radius 2 is 2.09 bits per heavy atom. The minimum atomic E-state index is -0.154. The van der Waals surface area contributed by atoms with Crippen LogP contribution in [-0.2, 0) is 6.61 Å². The third kappa shape index (κ3) is 4.54. The first-order valence-electron chi connectivity index (χ1n) is 7.11. The molecule has 0 bridgehead atoms. The molecule has 2 atom stereocenters. The van der Waals surface area contributed by atoms with Crippen LogP contribution in [0, 0.1) is 5.92 Å². The van der Waals surface area contributed by atoms with Crippen LogP contribution >= 0.6 is 11.3 Å². The van der Waals surface area contributed by atoms with E-state index in [2.05, 4.69) is 10.3 Å². The van der Waals surface area contributed by atoms with Crippen LogP contribution in [0.1, 0.15) is 29.9 Å².